The molecule has 4 N–H and O–H groups in total. The number of primary amides is 1. The van der Waals surface area contributed by atoms with Gasteiger partial charge in [0.1, 0.15) is 12.4 Å². The minimum atomic E-state index is -0.767. The number of carbonyl (C=O) groups excluding carboxylic acids is 2. The predicted octanol–water partition coefficient (Wildman–Crippen LogP) is 3.66. The summed E-state index contributed by atoms with van der Waals surface area (Å²) < 4.78 is 5.81. The SMILES string of the molecule is CN(C)CCOc1ccc2[nH]c(C(=O)C3CNc4cc([N+](=O)[O-])c5c(C(N)=O)cccc5c43)cc2c1. The number of nitro groups is 1. The average molecular weight is 488 g/mol. The van der Waals surface area contributed by atoms with Gasteiger partial charge in [0, 0.05) is 35.7 Å². The van der Waals surface area contributed by atoms with Gasteiger partial charge >= 0.3 is 0 Å². The Kier molecular flexibility index (Phi) is 5.81. The number of fused-ring (bicyclic) bond motifs is 4. The van der Waals surface area contributed by atoms with Gasteiger partial charge in [0.25, 0.3) is 5.69 Å². The fourth-order valence-corrected chi connectivity index (χ4v) is 4.76. The summed E-state index contributed by atoms with van der Waals surface area (Å²) in [5.74, 6) is -0.813. The van der Waals surface area contributed by atoms with Crippen LogP contribution in [0.3, 0.4) is 0 Å². The molecule has 36 heavy (non-hydrogen) atoms. The topological polar surface area (TPSA) is 144 Å². The number of H-pyrrole nitrogens is 1. The molecule has 10 heteroatoms. The third-order valence-corrected chi connectivity index (χ3v) is 6.47. The number of carbonyl (C=O) groups is 2. The van der Waals surface area contributed by atoms with E-state index in [9.17, 15) is 19.7 Å². The van der Waals surface area contributed by atoms with Crippen LogP contribution in [0.1, 0.15) is 32.3 Å². The molecule has 0 bridgehead atoms. The number of amides is 1. The largest absolute Gasteiger partial charge is 0.492 e. The van der Waals surface area contributed by atoms with Gasteiger partial charge in [0.15, 0.2) is 5.78 Å². The summed E-state index contributed by atoms with van der Waals surface area (Å²) >= 11 is 0. The normalized spacial score (nSPS) is 14.7. The van der Waals surface area contributed by atoms with E-state index in [0.29, 0.717) is 34.7 Å². The van der Waals surface area contributed by atoms with E-state index in [4.69, 9.17) is 10.5 Å². The number of nitro benzene ring substituents is 1. The highest BCUT2D eigenvalue weighted by Crippen LogP contribution is 2.44. The molecule has 3 aromatic carbocycles. The fraction of sp³-hybridized carbons (Fsp3) is 0.231. The van der Waals surface area contributed by atoms with Crippen molar-refractivity contribution in [2.24, 2.45) is 5.73 Å². The van der Waals surface area contributed by atoms with Gasteiger partial charge in [0.05, 0.1) is 27.5 Å². The van der Waals surface area contributed by atoms with Gasteiger partial charge in [-0.15, -0.1) is 0 Å². The van der Waals surface area contributed by atoms with Gasteiger partial charge < -0.3 is 25.7 Å². The molecule has 0 saturated carbocycles. The Morgan fingerprint density at radius 2 is 2.00 bits per heavy atom. The number of nitrogens with zero attached hydrogens (tertiary/aromatic N) is 2. The predicted molar refractivity (Wildman–Crippen MR) is 137 cm³/mol. The summed E-state index contributed by atoms with van der Waals surface area (Å²) in [6.45, 7) is 1.61. The van der Waals surface area contributed by atoms with Gasteiger partial charge in [-0.2, -0.15) is 0 Å². The molecule has 1 unspecified atom stereocenters. The highest BCUT2D eigenvalue weighted by Gasteiger charge is 2.35. The molecule has 1 aromatic heterocycles. The number of ketones is 1. The molecule has 1 aliphatic heterocycles. The number of Topliss-reactive ketones (excluding diaryl/α,β-unsaturated/α-hetero) is 1. The lowest BCUT2D eigenvalue weighted by atomic mass is 9.88. The van der Waals surface area contributed by atoms with Gasteiger partial charge in [-0.3, -0.25) is 19.7 Å². The number of aromatic nitrogens is 1. The summed E-state index contributed by atoms with van der Waals surface area (Å²) in [6.07, 6.45) is 0. The Balaban J connectivity index is 1.53. The third-order valence-electron chi connectivity index (χ3n) is 6.47. The molecule has 1 atom stereocenters. The zero-order valence-electron chi connectivity index (χ0n) is 19.8. The van der Waals surface area contributed by atoms with Crippen molar-refractivity contribution in [3.8, 4) is 5.75 Å². The van der Waals surface area contributed by atoms with Crippen molar-refractivity contribution in [3.05, 3.63) is 75.5 Å². The first-order valence-electron chi connectivity index (χ1n) is 11.5. The van der Waals surface area contributed by atoms with Gasteiger partial charge in [0.2, 0.25) is 5.91 Å². The van der Waals surface area contributed by atoms with Crippen LogP contribution in [0.4, 0.5) is 11.4 Å². The second kappa shape index (κ2) is 8.97. The number of rotatable bonds is 8. The number of likely N-dealkylation sites (N-methyl/N-ethyl adjacent to an activating group) is 1. The Labute approximate surface area is 206 Å². The molecule has 1 aliphatic rings. The van der Waals surface area contributed by atoms with Gasteiger partial charge in [-0.25, -0.2) is 0 Å². The summed E-state index contributed by atoms with van der Waals surface area (Å²) in [5.41, 5.74) is 7.68. The zero-order chi connectivity index (χ0) is 25.6. The Morgan fingerprint density at radius 1 is 1.19 bits per heavy atom. The van der Waals surface area contributed by atoms with Crippen LogP contribution < -0.4 is 15.8 Å². The van der Waals surface area contributed by atoms with E-state index in [2.05, 4.69) is 10.3 Å². The van der Waals surface area contributed by atoms with Crippen LogP contribution in [0, 0.1) is 10.1 Å². The van der Waals surface area contributed by atoms with Crippen LogP contribution in [0.15, 0.2) is 48.5 Å². The minimum Gasteiger partial charge on any atom is -0.492 e. The highest BCUT2D eigenvalue weighted by atomic mass is 16.6. The van der Waals surface area contributed by atoms with E-state index in [1.54, 1.807) is 18.2 Å². The Morgan fingerprint density at radius 3 is 2.72 bits per heavy atom. The number of nitrogens with two attached hydrogens (primary N) is 1. The molecule has 10 nitrogen and oxygen atoms in total. The van der Waals surface area contributed by atoms with E-state index in [1.807, 2.05) is 37.2 Å². The first-order valence-corrected chi connectivity index (χ1v) is 11.5. The summed E-state index contributed by atoms with van der Waals surface area (Å²) in [4.78, 5) is 42.2. The van der Waals surface area contributed by atoms with Crippen molar-refractivity contribution in [2.45, 2.75) is 5.92 Å². The second-order valence-corrected chi connectivity index (χ2v) is 9.09. The standard InChI is InChI=1S/C26H25N5O5/c1-30(2)8-9-36-15-6-7-19-14(10-15)11-21(29-19)25(32)18-13-28-20-12-22(31(34)35)24-16(23(18)20)4-3-5-17(24)26(27)33/h3-7,10-12,18,28-29H,8-9,13H2,1-2H3,(H2,27,33). The smallest absolute Gasteiger partial charge is 0.280 e. The number of hydrogen-bond donors (Lipinski definition) is 3. The Bertz CT molecular complexity index is 1540. The molecular formula is C26H25N5O5. The van der Waals surface area contributed by atoms with Crippen LogP contribution in [0.25, 0.3) is 21.7 Å². The number of ether oxygens (including phenoxy) is 1. The van der Waals surface area contributed by atoms with E-state index >= 15 is 0 Å². The van der Waals surface area contributed by atoms with E-state index in [1.165, 1.54) is 12.1 Å². The monoisotopic (exact) mass is 487 g/mol. The first kappa shape index (κ1) is 23.3. The molecule has 184 valence electrons. The lowest BCUT2D eigenvalue weighted by molar-refractivity contribution is -0.383. The summed E-state index contributed by atoms with van der Waals surface area (Å²) in [5, 5.41) is 16.4. The van der Waals surface area contributed by atoms with Crippen LogP contribution in [0.2, 0.25) is 0 Å². The maximum absolute atomic E-state index is 13.7. The second-order valence-electron chi connectivity index (χ2n) is 9.09. The number of anilines is 1. The van der Waals surface area contributed by atoms with Crippen molar-refractivity contribution in [1.82, 2.24) is 9.88 Å². The number of hydrogen-bond acceptors (Lipinski definition) is 7. The first-order chi connectivity index (χ1) is 17.2. The van der Waals surface area contributed by atoms with Crippen LogP contribution >= 0.6 is 0 Å². The third kappa shape index (κ3) is 4.01. The van der Waals surface area contributed by atoms with Crippen molar-refractivity contribution < 1.29 is 19.2 Å². The number of aromatic amines is 1. The molecule has 0 radical (unpaired) electrons. The molecule has 1 amide bonds. The average Bonchev–Trinajstić information content (AvgIpc) is 3.46. The summed E-state index contributed by atoms with van der Waals surface area (Å²) in [6, 6.07) is 13.5. The number of nitrogens with one attached hydrogen (secondary N) is 2. The van der Waals surface area contributed by atoms with Gasteiger partial charge in [-0.05, 0) is 55.4 Å². The maximum atomic E-state index is 13.7. The van der Waals surface area contributed by atoms with Crippen molar-refractivity contribution in [1.29, 1.82) is 0 Å². The Hall–Kier alpha value is -4.44. The van der Waals surface area contributed by atoms with E-state index < -0.39 is 16.7 Å². The van der Waals surface area contributed by atoms with Crippen molar-refractivity contribution >= 4 is 44.7 Å². The lowest BCUT2D eigenvalue weighted by Crippen LogP contribution is -2.19. The molecule has 5 rings (SSSR count). The molecule has 2 heterocycles. The van der Waals surface area contributed by atoms with E-state index in [0.717, 1.165) is 17.4 Å². The molecule has 0 spiro atoms. The zero-order valence-corrected chi connectivity index (χ0v) is 19.8. The van der Waals surface area contributed by atoms with Crippen LogP contribution in [0.5, 0.6) is 5.75 Å². The molecule has 0 aliphatic carbocycles. The fourth-order valence-electron chi connectivity index (χ4n) is 4.76. The molecule has 4 aromatic rings. The summed E-state index contributed by atoms with van der Waals surface area (Å²) in [7, 11) is 3.95. The molecular weight excluding hydrogens is 462 g/mol. The number of non-ortho nitro benzene ring substituents is 1. The molecule has 0 fully saturated rings. The lowest BCUT2D eigenvalue weighted by Gasteiger charge is -2.13. The minimum absolute atomic E-state index is 0.0486. The number of benzene rings is 3. The quantitative estimate of drug-likeness (QED) is 0.195. The van der Waals surface area contributed by atoms with Crippen molar-refractivity contribution in [3.63, 3.8) is 0 Å². The highest BCUT2D eigenvalue weighted by molar-refractivity contribution is 6.15. The molecule has 0 saturated heterocycles. The van der Waals surface area contributed by atoms with Crippen molar-refractivity contribution in [2.75, 3.05) is 39.1 Å². The van der Waals surface area contributed by atoms with Gasteiger partial charge in [-0.1, -0.05) is 12.1 Å². The maximum Gasteiger partial charge on any atom is 0.280 e. The van der Waals surface area contributed by atoms with Crippen LogP contribution in [-0.2, 0) is 0 Å². The van der Waals surface area contributed by atoms with Crippen LogP contribution in [-0.4, -0.2) is 60.3 Å². The van der Waals surface area contributed by atoms with E-state index in [-0.39, 0.29) is 29.0 Å².